The first kappa shape index (κ1) is 24.9. The maximum absolute atomic E-state index is 12.2. The molecule has 1 unspecified atom stereocenters. The van der Waals surface area contributed by atoms with Gasteiger partial charge in [-0.15, -0.1) is 35.3 Å². The molecular weight excluding hydrogens is 527 g/mol. The fourth-order valence-corrected chi connectivity index (χ4v) is 3.96. The van der Waals surface area contributed by atoms with Crippen molar-refractivity contribution < 1.29 is 14.6 Å². The second kappa shape index (κ2) is 12.5. The summed E-state index contributed by atoms with van der Waals surface area (Å²) in [4.78, 5) is 17.3. The first-order valence-electron chi connectivity index (χ1n) is 9.64. The van der Waals surface area contributed by atoms with Crippen LogP contribution in [0.1, 0.15) is 21.3 Å². The number of ether oxygens (including phenoxy) is 1. The number of nitrogens with zero attached hydrogens (tertiary/aromatic N) is 1. The Morgan fingerprint density at radius 1 is 1.10 bits per heavy atom. The van der Waals surface area contributed by atoms with Crippen molar-refractivity contribution in [3.8, 4) is 5.75 Å². The maximum Gasteiger partial charge on any atom is 0.251 e. The van der Waals surface area contributed by atoms with Gasteiger partial charge in [-0.2, -0.15) is 0 Å². The fourth-order valence-electron chi connectivity index (χ4n) is 2.90. The second-order valence-corrected chi connectivity index (χ2v) is 7.69. The van der Waals surface area contributed by atoms with E-state index in [0.29, 0.717) is 36.9 Å². The van der Waals surface area contributed by atoms with E-state index >= 15 is 0 Å². The molecule has 7 nitrogen and oxygen atoms in total. The van der Waals surface area contributed by atoms with Gasteiger partial charge in [0.15, 0.2) is 5.96 Å². The summed E-state index contributed by atoms with van der Waals surface area (Å²) in [6, 6.07) is 17.1. The van der Waals surface area contributed by atoms with Crippen LogP contribution in [0.15, 0.2) is 59.6 Å². The summed E-state index contributed by atoms with van der Waals surface area (Å²) in [5.41, 5.74) is 0.545. The molecule has 0 aliphatic carbocycles. The van der Waals surface area contributed by atoms with Crippen molar-refractivity contribution in [3.05, 3.63) is 65.0 Å². The number of carbonyl (C=O) groups is 1. The van der Waals surface area contributed by atoms with Crippen molar-refractivity contribution in [1.82, 2.24) is 16.0 Å². The van der Waals surface area contributed by atoms with Crippen molar-refractivity contribution in [2.75, 3.05) is 33.8 Å². The van der Waals surface area contributed by atoms with Crippen LogP contribution in [0.2, 0.25) is 0 Å². The van der Waals surface area contributed by atoms with Gasteiger partial charge in [-0.1, -0.05) is 24.3 Å². The lowest BCUT2D eigenvalue weighted by Gasteiger charge is -2.15. The molecule has 1 heterocycles. The van der Waals surface area contributed by atoms with Crippen LogP contribution in [0.3, 0.4) is 0 Å². The average molecular weight is 554 g/mol. The highest BCUT2D eigenvalue weighted by Gasteiger charge is 2.12. The van der Waals surface area contributed by atoms with Gasteiger partial charge in [0.05, 0.1) is 7.11 Å². The lowest BCUT2D eigenvalue weighted by atomic mass is 10.2. The number of aliphatic hydroxyl groups is 1. The Labute approximate surface area is 202 Å². The van der Waals surface area contributed by atoms with Gasteiger partial charge in [0.1, 0.15) is 11.9 Å². The Kier molecular flexibility index (Phi) is 10.0. The van der Waals surface area contributed by atoms with E-state index in [4.69, 9.17) is 4.74 Å². The molecular formula is C22H27IN4O3S. The minimum atomic E-state index is -0.631. The van der Waals surface area contributed by atoms with E-state index in [1.54, 1.807) is 49.8 Å². The molecule has 0 bridgehead atoms. The Morgan fingerprint density at radius 2 is 1.87 bits per heavy atom. The number of aliphatic imine (C=N–C) groups is 1. The van der Waals surface area contributed by atoms with Crippen LogP contribution in [-0.4, -0.2) is 50.8 Å². The number of aliphatic hydroxyl groups excluding tert-OH is 1. The summed E-state index contributed by atoms with van der Waals surface area (Å²) in [5, 5.41) is 20.7. The molecule has 0 aliphatic heterocycles. The van der Waals surface area contributed by atoms with Crippen LogP contribution in [-0.2, 0) is 0 Å². The first-order chi connectivity index (χ1) is 14.6. The summed E-state index contributed by atoms with van der Waals surface area (Å²) in [6.07, 6.45) is -0.631. The Balaban J connectivity index is 0.00000341. The third-order valence-electron chi connectivity index (χ3n) is 4.49. The third kappa shape index (κ3) is 7.08. The molecule has 3 rings (SSSR count). The molecule has 166 valence electrons. The number of amides is 1. The molecule has 0 fully saturated rings. The zero-order valence-electron chi connectivity index (χ0n) is 17.4. The number of fused-ring (bicyclic) bond motifs is 1. The lowest BCUT2D eigenvalue weighted by Crippen LogP contribution is -2.42. The van der Waals surface area contributed by atoms with Crippen molar-refractivity contribution in [3.63, 3.8) is 0 Å². The van der Waals surface area contributed by atoms with Gasteiger partial charge in [-0.05, 0) is 35.7 Å². The Hall–Kier alpha value is -2.37. The highest BCUT2D eigenvalue weighted by molar-refractivity contribution is 14.0. The van der Waals surface area contributed by atoms with E-state index < -0.39 is 6.10 Å². The van der Waals surface area contributed by atoms with Gasteiger partial charge in [-0.25, -0.2) is 0 Å². The number of guanidine groups is 1. The predicted molar refractivity (Wildman–Crippen MR) is 137 cm³/mol. The summed E-state index contributed by atoms with van der Waals surface area (Å²) < 4.78 is 6.29. The second-order valence-electron chi connectivity index (χ2n) is 6.57. The molecule has 4 N–H and O–H groups in total. The largest absolute Gasteiger partial charge is 0.497 e. The molecule has 2 aromatic carbocycles. The molecule has 0 radical (unpaired) electrons. The van der Waals surface area contributed by atoms with Crippen LogP contribution in [0, 0.1) is 0 Å². The molecule has 1 aromatic heterocycles. The van der Waals surface area contributed by atoms with E-state index in [2.05, 4.69) is 20.9 Å². The van der Waals surface area contributed by atoms with E-state index in [9.17, 15) is 9.90 Å². The topological polar surface area (TPSA) is 95.0 Å². The minimum absolute atomic E-state index is 0. The Morgan fingerprint density at radius 3 is 2.61 bits per heavy atom. The third-order valence-corrected chi connectivity index (χ3v) is 5.71. The van der Waals surface area contributed by atoms with Gasteiger partial charge in [0, 0.05) is 41.8 Å². The highest BCUT2D eigenvalue weighted by Crippen LogP contribution is 2.29. The van der Waals surface area contributed by atoms with E-state index in [0.717, 1.165) is 15.0 Å². The predicted octanol–water partition coefficient (Wildman–Crippen LogP) is 3.16. The quantitative estimate of drug-likeness (QED) is 0.149. The summed E-state index contributed by atoms with van der Waals surface area (Å²) in [5.74, 6) is 1.03. The number of halogens is 1. The van der Waals surface area contributed by atoms with Gasteiger partial charge < -0.3 is 25.8 Å². The summed E-state index contributed by atoms with van der Waals surface area (Å²) in [7, 11) is 3.23. The van der Waals surface area contributed by atoms with Gasteiger partial charge in [0.2, 0.25) is 0 Å². The number of nitrogens with one attached hydrogen (secondary N) is 3. The number of benzene rings is 2. The van der Waals surface area contributed by atoms with Gasteiger partial charge in [0.25, 0.3) is 5.91 Å². The molecule has 1 atom stereocenters. The Bertz CT molecular complexity index is 992. The van der Waals surface area contributed by atoms with Crippen molar-refractivity contribution in [1.29, 1.82) is 0 Å². The zero-order chi connectivity index (χ0) is 21.3. The molecule has 31 heavy (non-hydrogen) atoms. The number of hydrogen-bond donors (Lipinski definition) is 4. The van der Waals surface area contributed by atoms with Crippen LogP contribution < -0.4 is 20.7 Å². The van der Waals surface area contributed by atoms with E-state index in [1.807, 2.05) is 30.3 Å². The monoisotopic (exact) mass is 554 g/mol. The van der Waals surface area contributed by atoms with Crippen LogP contribution in [0.5, 0.6) is 5.75 Å². The number of carbonyl (C=O) groups excluding carboxylic acids is 1. The molecule has 3 aromatic rings. The van der Waals surface area contributed by atoms with Gasteiger partial charge in [-0.3, -0.25) is 9.79 Å². The van der Waals surface area contributed by atoms with Crippen LogP contribution in [0.25, 0.3) is 10.1 Å². The maximum atomic E-state index is 12.2. The number of rotatable bonds is 8. The molecule has 0 spiro atoms. The number of thiophene rings is 1. The minimum Gasteiger partial charge on any atom is -0.497 e. The van der Waals surface area contributed by atoms with Crippen molar-refractivity contribution in [2.45, 2.75) is 6.10 Å². The van der Waals surface area contributed by atoms with Crippen molar-refractivity contribution in [2.24, 2.45) is 4.99 Å². The normalized spacial score (nSPS) is 12.0. The van der Waals surface area contributed by atoms with Crippen LogP contribution in [0.4, 0.5) is 0 Å². The zero-order valence-corrected chi connectivity index (χ0v) is 20.6. The van der Waals surface area contributed by atoms with E-state index in [-0.39, 0.29) is 29.9 Å². The summed E-state index contributed by atoms with van der Waals surface area (Å²) in [6.45, 7) is 1.26. The standard InChI is InChI=1S/C22H26N4O3S.HI/c1-23-22(25-11-10-24-21(28)16-7-5-8-17(12-16)29-2)26-14-18(27)20-13-15-6-3-4-9-19(15)30-20;/h3-9,12-13,18,27H,10-11,14H2,1-2H3,(H,24,28)(H2,23,25,26);1H. The molecule has 0 aliphatic rings. The highest BCUT2D eigenvalue weighted by atomic mass is 127. The van der Waals surface area contributed by atoms with Gasteiger partial charge >= 0.3 is 0 Å². The molecule has 9 heteroatoms. The van der Waals surface area contributed by atoms with Crippen LogP contribution >= 0.6 is 35.3 Å². The number of methoxy groups -OCH3 is 1. The lowest BCUT2D eigenvalue weighted by molar-refractivity contribution is 0.0954. The SMILES string of the molecule is CN=C(NCCNC(=O)c1cccc(OC)c1)NCC(O)c1cc2ccccc2s1.I. The smallest absolute Gasteiger partial charge is 0.251 e. The molecule has 0 saturated carbocycles. The van der Waals surface area contributed by atoms with Crippen molar-refractivity contribution >= 4 is 57.3 Å². The molecule has 1 amide bonds. The molecule has 0 saturated heterocycles. The first-order valence-corrected chi connectivity index (χ1v) is 10.5. The average Bonchev–Trinajstić information content (AvgIpc) is 3.22. The van der Waals surface area contributed by atoms with E-state index in [1.165, 1.54) is 0 Å². The fraction of sp³-hybridized carbons (Fsp3) is 0.273. The number of hydrogen-bond acceptors (Lipinski definition) is 5. The summed E-state index contributed by atoms with van der Waals surface area (Å²) >= 11 is 1.58.